The van der Waals surface area contributed by atoms with E-state index in [0.29, 0.717) is 6.20 Å². The molecule has 1 aromatic heterocycles. The fraction of sp³-hybridized carbons (Fsp3) is 0.636. The van der Waals surface area contributed by atoms with E-state index in [1.54, 1.807) is 4.98 Å². The summed E-state index contributed by atoms with van der Waals surface area (Å²) in [5.41, 5.74) is -2.07. The molecule has 1 aliphatic rings. The summed E-state index contributed by atoms with van der Waals surface area (Å²) < 4.78 is 40.6. The van der Waals surface area contributed by atoms with Crippen LogP contribution in [0.25, 0.3) is 0 Å². The summed E-state index contributed by atoms with van der Waals surface area (Å²) in [5, 5.41) is 8.61. The van der Waals surface area contributed by atoms with Crippen molar-refractivity contribution >= 4 is 0 Å². The van der Waals surface area contributed by atoms with Crippen molar-refractivity contribution < 1.29 is 18.3 Å². The minimum absolute atomic E-state index is 0.148. The van der Waals surface area contributed by atoms with Crippen molar-refractivity contribution in [2.45, 2.75) is 25.3 Å². The Morgan fingerprint density at radius 1 is 1.37 bits per heavy atom. The van der Waals surface area contributed by atoms with Crippen LogP contribution in [0.2, 0.25) is 0 Å². The van der Waals surface area contributed by atoms with Gasteiger partial charge in [0.25, 0.3) is 11.5 Å². The van der Waals surface area contributed by atoms with Crippen molar-refractivity contribution in [1.29, 1.82) is 0 Å². The molecule has 1 aliphatic carbocycles. The zero-order valence-electron chi connectivity index (χ0n) is 9.91. The van der Waals surface area contributed by atoms with Gasteiger partial charge in [-0.15, -0.1) is 0 Å². The molecule has 8 heteroatoms. The van der Waals surface area contributed by atoms with Crippen LogP contribution in [0, 0.1) is 17.7 Å². The van der Waals surface area contributed by atoms with Gasteiger partial charge in [0, 0.05) is 25.0 Å². The van der Waals surface area contributed by atoms with Gasteiger partial charge in [-0.3, -0.25) is 14.3 Å². The number of aliphatic hydroxyl groups is 1. The van der Waals surface area contributed by atoms with E-state index in [2.05, 4.69) is 0 Å². The van der Waals surface area contributed by atoms with Crippen LogP contribution in [0.3, 0.4) is 0 Å². The van der Waals surface area contributed by atoms with Crippen LogP contribution in [0.15, 0.2) is 15.8 Å². The molecule has 0 amide bonds. The molecule has 0 aromatic carbocycles. The number of nitrogens with zero attached hydrogens (tertiary/aromatic N) is 1. The summed E-state index contributed by atoms with van der Waals surface area (Å²) in [6.45, 7) is -0.526. The Morgan fingerprint density at radius 3 is 2.68 bits per heavy atom. The van der Waals surface area contributed by atoms with Crippen molar-refractivity contribution in [2.75, 3.05) is 6.61 Å². The summed E-state index contributed by atoms with van der Waals surface area (Å²) in [4.78, 5) is 23.9. The van der Waals surface area contributed by atoms with Crippen LogP contribution >= 0.6 is 0 Å². The Hall–Kier alpha value is -1.57. The quantitative estimate of drug-likeness (QED) is 0.815. The SMILES string of the molecule is O=c1[nH]c(=O)n(C[C@@H]2[C@@H](CCCO)C2(F)F)cc1F. The minimum atomic E-state index is -2.92. The predicted molar refractivity (Wildman–Crippen MR) is 59.5 cm³/mol. The molecule has 0 bridgehead atoms. The van der Waals surface area contributed by atoms with E-state index in [-0.39, 0.29) is 26.0 Å². The Morgan fingerprint density at radius 2 is 2.05 bits per heavy atom. The number of nitrogens with one attached hydrogen (secondary N) is 1. The van der Waals surface area contributed by atoms with Gasteiger partial charge in [-0.25, -0.2) is 13.6 Å². The largest absolute Gasteiger partial charge is 0.396 e. The van der Waals surface area contributed by atoms with Gasteiger partial charge >= 0.3 is 5.69 Å². The van der Waals surface area contributed by atoms with Crippen LogP contribution < -0.4 is 11.2 Å². The third kappa shape index (κ3) is 2.58. The molecule has 0 unspecified atom stereocenters. The number of alkyl halides is 2. The highest BCUT2D eigenvalue weighted by Gasteiger charge is 2.67. The van der Waals surface area contributed by atoms with Crippen LogP contribution in [-0.4, -0.2) is 27.2 Å². The maximum absolute atomic E-state index is 13.4. The van der Waals surface area contributed by atoms with E-state index >= 15 is 0 Å². The minimum Gasteiger partial charge on any atom is -0.396 e. The number of aromatic amines is 1. The number of hydrogen-bond donors (Lipinski definition) is 2. The molecule has 2 atom stereocenters. The smallest absolute Gasteiger partial charge is 0.328 e. The van der Waals surface area contributed by atoms with Crippen molar-refractivity contribution in [3.05, 3.63) is 32.9 Å². The first-order valence-corrected chi connectivity index (χ1v) is 5.86. The van der Waals surface area contributed by atoms with Gasteiger partial charge in [0.2, 0.25) is 5.82 Å². The zero-order valence-corrected chi connectivity index (χ0v) is 9.91. The molecule has 0 spiro atoms. The lowest BCUT2D eigenvalue weighted by molar-refractivity contribution is 0.0786. The van der Waals surface area contributed by atoms with Gasteiger partial charge in [-0.1, -0.05) is 0 Å². The van der Waals surface area contributed by atoms with Gasteiger partial charge in [0.05, 0.1) is 6.20 Å². The lowest BCUT2D eigenvalue weighted by atomic mass is 10.2. The number of H-pyrrole nitrogens is 1. The first kappa shape index (κ1) is 13.9. The molecule has 5 nitrogen and oxygen atoms in total. The van der Waals surface area contributed by atoms with Crippen LogP contribution in [0.5, 0.6) is 0 Å². The fourth-order valence-corrected chi connectivity index (χ4v) is 2.24. The summed E-state index contributed by atoms with van der Waals surface area (Å²) in [5.74, 6) is -6.08. The van der Waals surface area contributed by atoms with E-state index in [1.807, 2.05) is 0 Å². The second-order valence-electron chi connectivity index (χ2n) is 4.64. The number of hydrogen-bond acceptors (Lipinski definition) is 3. The molecule has 2 rings (SSSR count). The Balaban J connectivity index is 2.13. The monoisotopic (exact) mass is 278 g/mol. The number of aliphatic hydroxyl groups excluding tert-OH is 1. The molecule has 1 fully saturated rings. The maximum Gasteiger partial charge on any atom is 0.328 e. The fourth-order valence-electron chi connectivity index (χ4n) is 2.24. The van der Waals surface area contributed by atoms with Gasteiger partial charge in [-0.05, 0) is 12.8 Å². The summed E-state index contributed by atoms with van der Waals surface area (Å²) in [7, 11) is 0. The van der Waals surface area contributed by atoms with E-state index in [9.17, 15) is 22.8 Å². The Kier molecular flexibility index (Phi) is 3.53. The van der Waals surface area contributed by atoms with Crippen LogP contribution in [0.4, 0.5) is 13.2 Å². The highest BCUT2D eigenvalue weighted by atomic mass is 19.3. The molecule has 0 saturated heterocycles. The first-order chi connectivity index (χ1) is 8.87. The molecule has 0 radical (unpaired) electrons. The lowest BCUT2D eigenvalue weighted by Gasteiger charge is -2.03. The zero-order chi connectivity index (χ0) is 14.2. The van der Waals surface area contributed by atoms with E-state index in [0.717, 1.165) is 4.57 Å². The third-order valence-corrected chi connectivity index (χ3v) is 3.40. The normalized spacial score (nSPS) is 24.4. The molecule has 1 saturated carbocycles. The topological polar surface area (TPSA) is 75.1 Å². The molecule has 106 valence electrons. The van der Waals surface area contributed by atoms with Gasteiger partial charge in [0.15, 0.2) is 0 Å². The summed E-state index contributed by atoms with van der Waals surface area (Å²) in [6.07, 6.45) is 1.04. The van der Waals surface area contributed by atoms with Crippen LogP contribution in [0.1, 0.15) is 12.8 Å². The Bertz CT molecular complexity index is 581. The molecule has 0 aliphatic heterocycles. The molecule has 2 N–H and O–H groups in total. The highest BCUT2D eigenvalue weighted by Crippen LogP contribution is 2.58. The van der Waals surface area contributed by atoms with Gasteiger partial charge < -0.3 is 5.11 Å². The highest BCUT2D eigenvalue weighted by molar-refractivity contribution is 5.05. The number of halogens is 3. The average molecular weight is 278 g/mol. The lowest BCUT2D eigenvalue weighted by Crippen LogP contribution is -2.32. The molecule has 19 heavy (non-hydrogen) atoms. The van der Waals surface area contributed by atoms with Crippen molar-refractivity contribution in [3.63, 3.8) is 0 Å². The van der Waals surface area contributed by atoms with Crippen molar-refractivity contribution in [1.82, 2.24) is 9.55 Å². The van der Waals surface area contributed by atoms with Crippen molar-refractivity contribution in [3.8, 4) is 0 Å². The molecule has 1 aromatic rings. The predicted octanol–water partition coefficient (Wildman–Crippen LogP) is 0.329. The number of aromatic nitrogens is 2. The molecule has 1 heterocycles. The average Bonchev–Trinajstić information content (AvgIpc) is 2.84. The van der Waals surface area contributed by atoms with Gasteiger partial charge in [-0.2, -0.15) is 4.39 Å². The second-order valence-corrected chi connectivity index (χ2v) is 4.64. The molecular weight excluding hydrogens is 265 g/mol. The number of rotatable bonds is 5. The van der Waals surface area contributed by atoms with E-state index in [4.69, 9.17) is 5.11 Å². The second kappa shape index (κ2) is 4.84. The third-order valence-electron chi connectivity index (χ3n) is 3.40. The van der Waals surface area contributed by atoms with Crippen molar-refractivity contribution in [2.24, 2.45) is 11.8 Å². The first-order valence-electron chi connectivity index (χ1n) is 5.86. The van der Waals surface area contributed by atoms with Gasteiger partial charge in [0.1, 0.15) is 0 Å². The standard InChI is InChI=1S/C11H13F3N2O3/c12-8-5-16(10(19)15-9(8)18)4-7-6(2-1-3-17)11(7,13)14/h5-7,17H,1-4H2,(H,15,18,19)/t6-,7-/m1/s1. The molecular formula is C11H13F3N2O3. The summed E-state index contributed by atoms with van der Waals surface area (Å²) >= 11 is 0. The summed E-state index contributed by atoms with van der Waals surface area (Å²) in [6, 6.07) is 0. The van der Waals surface area contributed by atoms with E-state index < -0.39 is 34.8 Å². The van der Waals surface area contributed by atoms with E-state index in [1.165, 1.54) is 0 Å². The van der Waals surface area contributed by atoms with Crippen LogP contribution in [-0.2, 0) is 6.54 Å². The Labute approximate surface area is 105 Å². The maximum atomic E-state index is 13.4.